The van der Waals surface area contributed by atoms with Gasteiger partial charge in [0.15, 0.2) is 11.9 Å². The molecular formula is C28H41Ac2NO12. The number of carbonyl (C=O) groups excluding carboxylic acids is 4. The van der Waals surface area contributed by atoms with Crippen molar-refractivity contribution in [3.63, 3.8) is 0 Å². The molecular weight excluding hydrogens is 996 g/mol. The first-order valence-electron chi connectivity index (χ1n) is 13.8. The fraction of sp³-hybridized carbons (Fsp3) is 0.786. The zero-order valence-electron chi connectivity index (χ0n) is 25.5. The minimum Gasteiger partial charge on any atom is -0.459 e. The van der Waals surface area contributed by atoms with Gasteiger partial charge in [0.05, 0.1) is 30.3 Å². The monoisotopic (exact) mass is 1040 g/mol. The van der Waals surface area contributed by atoms with Crippen LogP contribution < -0.4 is 5.32 Å². The largest absolute Gasteiger partial charge is 0.459 e. The van der Waals surface area contributed by atoms with E-state index in [1.165, 1.54) is 27.7 Å². The van der Waals surface area contributed by atoms with E-state index in [2.05, 4.69) is 5.32 Å². The fourth-order valence-corrected chi connectivity index (χ4v) is 7.61. The summed E-state index contributed by atoms with van der Waals surface area (Å²) >= 11 is 0. The van der Waals surface area contributed by atoms with Crippen LogP contribution in [-0.2, 0) is 33.4 Å². The number of nitrogens with one attached hydrogen (secondary N) is 1. The van der Waals surface area contributed by atoms with Gasteiger partial charge >= 0.3 is 11.9 Å². The Hall–Kier alpha value is 0.463. The van der Waals surface area contributed by atoms with Gasteiger partial charge in [0.1, 0.15) is 29.5 Å². The quantitative estimate of drug-likeness (QED) is 0.140. The summed E-state index contributed by atoms with van der Waals surface area (Å²) in [6.07, 6.45) is -9.51. The molecule has 1 amide bonds. The molecule has 13 nitrogen and oxygen atoms in total. The third-order valence-electron chi connectivity index (χ3n) is 10.1. The van der Waals surface area contributed by atoms with E-state index < -0.39 is 101 Å². The number of hydrogen-bond donors (Lipinski definition) is 6. The molecule has 2 radical (unpaired) electrons. The normalized spacial score (nSPS) is 40.8. The smallest absolute Gasteiger partial charge is 0.337 e. The summed E-state index contributed by atoms with van der Waals surface area (Å²) in [6.45, 7) is 9.42. The minimum absolute atomic E-state index is 0. The van der Waals surface area contributed by atoms with E-state index >= 15 is 0 Å². The van der Waals surface area contributed by atoms with Gasteiger partial charge in [-0.3, -0.25) is 14.4 Å². The van der Waals surface area contributed by atoms with E-state index in [4.69, 9.17) is 14.2 Å². The number of ether oxygens (including phenoxy) is 3. The maximum Gasteiger partial charge on any atom is 0.337 e. The molecule has 1 saturated heterocycles. The zero-order chi connectivity index (χ0) is 31.0. The summed E-state index contributed by atoms with van der Waals surface area (Å²) in [5.41, 5.74) is -7.12. The van der Waals surface area contributed by atoms with Gasteiger partial charge in [-0.05, 0) is 31.9 Å². The van der Waals surface area contributed by atoms with Crippen molar-refractivity contribution in [1.29, 1.82) is 0 Å². The van der Waals surface area contributed by atoms with Gasteiger partial charge in [-0.25, -0.2) is 4.79 Å². The van der Waals surface area contributed by atoms with Gasteiger partial charge in [-0.2, -0.15) is 0 Å². The van der Waals surface area contributed by atoms with Crippen LogP contribution in [0.1, 0.15) is 61.3 Å². The van der Waals surface area contributed by atoms with Crippen molar-refractivity contribution in [3.05, 3.63) is 11.1 Å². The second-order valence-electron chi connectivity index (χ2n) is 12.8. The van der Waals surface area contributed by atoms with Crippen molar-refractivity contribution < 1.29 is 147 Å². The second kappa shape index (κ2) is 13.5. The molecule has 4 unspecified atom stereocenters. The van der Waals surface area contributed by atoms with Gasteiger partial charge in [-0.15, -0.1) is 0 Å². The summed E-state index contributed by atoms with van der Waals surface area (Å²) in [5.74, 6) is -4.74. The van der Waals surface area contributed by atoms with Crippen LogP contribution in [0.3, 0.4) is 0 Å². The van der Waals surface area contributed by atoms with Crippen LogP contribution in [0, 0.1) is 105 Å². The number of rotatable bonds is 5. The molecule has 6 N–H and O–H groups in total. The Bertz CT molecular complexity index is 1190. The van der Waals surface area contributed by atoms with E-state index in [0.29, 0.717) is 0 Å². The van der Waals surface area contributed by atoms with Crippen molar-refractivity contribution >= 4 is 23.6 Å². The van der Waals surface area contributed by atoms with Crippen LogP contribution in [0.15, 0.2) is 11.1 Å². The first kappa shape index (κ1) is 39.6. The van der Waals surface area contributed by atoms with Gasteiger partial charge in [0.25, 0.3) is 0 Å². The first-order chi connectivity index (χ1) is 18.7. The third kappa shape index (κ3) is 6.13. The Morgan fingerprint density at radius 2 is 1.65 bits per heavy atom. The number of carbonyl (C=O) groups is 4. The minimum atomic E-state index is -2.17. The first-order valence-corrected chi connectivity index (χ1v) is 13.8. The molecule has 1 heterocycles. The SMILES string of the molecule is CC(=O)NC(C)[C@@H](O)C(=O)OC1C[C@@]2(O)[C@@H](OC(C)=O)[C@@H]3[C@]4(O)COC4CC(O)[C@@]3(C)C(=O)[C@H](O)C(=C1C)C2(C)C.[Ac].[Ac]. The molecule has 11 atom stereocenters. The van der Waals surface area contributed by atoms with E-state index in [0.717, 1.165) is 6.92 Å². The van der Waals surface area contributed by atoms with Crippen molar-refractivity contribution in [2.24, 2.45) is 16.7 Å². The maximum absolute atomic E-state index is 14.2. The summed E-state index contributed by atoms with van der Waals surface area (Å²) in [6, 6.07) is -1.02. The van der Waals surface area contributed by atoms with Crippen molar-refractivity contribution in [3.8, 4) is 0 Å². The van der Waals surface area contributed by atoms with Crippen LogP contribution in [0.4, 0.5) is 0 Å². The number of aliphatic hydroxyl groups excluding tert-OH is 3. The summed E-state index contributed by atoms with van der Waals surface area (Å²) in [4.78, 5) is 51.1. The molecule has 15 heteroatoms. The predicted octanol–water partition coefficient (Wildman–Crippen LogP) is -1.35. The van der Waals surface area contributed by atoms with Crippen LogP contribution in [0.2, 0.25) is 0 Å². The average molecular weight is 1040 g/mol. The van der Waals surface area contributed by atoms with Crippen LogP contribution >= 0.6 is 0 Å². The van der Waals surface area contributed by atoms with E-state index in [1.807, 2.05) is 0 Å². The van der Waals surface area contributed by atoms with Crippen molar-refractivity contribution in [1.82, 2.24) is 5.32 Å². The molecule has 4 aliphatic rings. The summed E-state index contributed by atoms with van der Waals surface area (Å²) < 4.78 is 16.9. The molecule has 3 fully saturated rings. The number of aliphatic hydroxyl groups is 5. The number of ketones is 1. The van der Waals surface area contributed by atoms with Crippen molar-refractivity contribution in [2.75, 3.05) is 6.61 Å². The molecule has 3 aliphatic carbocycles. The topological polar surface area (TPSA) is 209 Å². The van der Waals surface area contributed by atoms with E-state index in [1.54, 1.807) is 13.8 Å². The Balaban J connectivity index is 0.00000323. The predicted molar refractivity (Wildman–Crippen MR) is 139 cm³/mol. The second-order valence-corrected chi connectivity index (χ2v) is 12.8. The van der Waals surface area contributed by atoms with Gasteiger partial charge in [-0.1, -0.05) is 13.8 Å². The van der Waals surface area contributed by atoms with Gasteiger partial charge in [0.2, 0.25) is 5.91 Å². The summed E-state index contributed by atoms with van der Waals surface area (Å²) in [5, 5.41) is 60.2. The van der Waals surface area contributed by atoms with Crippen LogP contribution in [-0.4, -0.2) is 110 Å². The molecule has 4 rings (SSSR count). The molecule has 0 aromatic carbocycles. The number of hydrogen-bond acceptors (Lipinski definition) is 12. The molecule has 0 aromatic rings. The number of esters is 2. The number of Topliss-reactive ketones (excluding diaryl/α,β-unsaturated/α-hetero) is 1. The molecule has 0 spiro atoms. The Morgan fingerprint density at radius 1 is 1.07 bits per heavy atom. The molecule has 236 valence electrons. The zero-order valence-corrected chi connectivity index (χ0v) is 35.0. The van der Waals surface area contributed by atoms with Crippen LogP contribution in [0.25, 0.3) is 0 Å². The molecule has 43 heavy (non-hydrogen) atoms. The third-order valence-corrected chi connectivity index (χ3v) is 10.1. The molecule has 2 bridgehead atoms. The van der Waals surface area contributed by atoms with E-state index in [9.17, 15) is 44.7 Å². The summed E-state index contributed by atoms with van der Waals surface area (Å²) in [7, 11) is 0. The number of amides is 1. The van der Waals surface area contributed by atoms with E-state index in [-0.39, 0.29) is 112 Å². The van der Waals surface area contributed by atoms with Crippen molar-refractivity contribution in [2.45, 2.75) is 115 Å². The Kier molecular flexibility index (Phi) is 12.5. The van der Waals surface area contributed by atoms with Gasteiger partial charge < -0.3 is 45.1 Å². The Morgan fingerprint density at radius 3 is 2.14 bits per heavy atom. The number of fused-ring (bicyclic) bond motifs is 5. The van der Waals surface area contributed by atoms with Gasteiger partial charge in [0, 0.05) is 126 Å². The van der Waals surface area contributed by atoms with Crippen LogP contribution in [0.5, 0.6) is 0 Å². The molecule has 1 aliphatic heterocycles. The average Bonchev–Trinajstić information content (AvgIpc) is 2.85. The maximum atomic E-state index is 14.2. The fourth-order valence-electron chi connectivity index (χ4n) is 7.61. The standard InChI is InChI=1S/C28H41NO12.2Ac/c1-11-15(41-24(36)19(33)12(2)29-13(3)30)9-28(38)23(40-14(4)31)21-26(7,16(32)8-17-27(21,37)10-39-17)22(35)20(34)18(11)25(28,5)6;;/h12,15-17,19-21,23,32-34,37-38H,8-10H2,1-7H3,(H,29,30);;/t12?,15?,16?,17?,19-,20-,21+,23+,26-,27+,28-;;/m1../s1. The molecule has 2 saturated carbocycles. The molecule has 0 aromatic heterocycles. The Labute approximate surface area is 321 Å².